The second-order valence-electron chi connectivity index (χ2n) is 9.30. The summed E-state index contributed by atoms with van der Waals surface area (Å²) < 4.78 is 4.65. The molecule has 5 heteroatoms. The Balaban J connectivity index is 1.45. The molecule has 0 saturated heterocycles. The van der Waals surface area contributed by atoms with Gasteiger partial charge in [0.1, 0.15) is 0 Å². The van der Waals surface area contributed by atoms with Crippen LogP contribution in [0.1, 0.15) is 20.7 Å². The third-order valence-corrected chi connectivity index (χ3v) is 8.46. The van der Waals surface area contributed by atoms with E-state index in [1.165, 1.54) is 25.1 Å². The number of benzene rings is 5. The maximum atomic E-state index is 13.4. The zero-order valence-corrected chi connectivity index (χ0v) is 20.3. The number of fused-ring (bicyclic) bond motifs is 7. The van der Waals surface area contributed by atoms with Crippen LogP contribution >= 0.6 is 11.3 Å². The van der Waals surface area contributed by atoms with Gasteiger partial charge in [0.2, 0.25) is 0 Å². The molecule has 4 nitrogen and oxygen atoms in total. The summed E-state index contributed by atoms with van der Waals surface area (Å²) in [5, 5.41) is 4.77. The number of hydrogen-bond acceptors (Lipinski definition) is 3. The lowest BCUT2D eigenvalue weighted by molar-refractivity contribution is 0.0926. The van der Waals surface area contributed by atoms with Crippen molar-refractivity contribution in [2.45, 2.75) is 0 Å². The molecule has 0 unspecified atom stereocenters. The second kappa shape index (κ2) is 7.38. The van der Waals surface area contributed by atoms with Crippen molar-refractivity contribution < 1.29 is 9.59 Å². The third-order valence-electron chi connectivity index (χ3n) is 7.33. The van der Waals surface area contributed by atoms with Crippen LogP contribution in [-0.4, -0.2) is 16.4 Å². The van der Waals surface area contributed by atoms with Gasteiger partial charge in [-0.15, -0.1) is 11.3 Å². The Morgan fingerprint density at radius 1 is 0.486 bits per heavy atom. The number of rotatable bonds is 2. The summed E-state index contributed by atoms with van der Waals surface area (Å²) in [5.74, 6) is -0.582. The van der Waals surface area contributed by atoms with Gasteiger partial charge in [-0.05, 0) is 48.5 Å². The van der Waals surface area contributed by atoms with E-state index in [2.05, 4.69) is 59.2 Å². The van der Waals surface area contributed by atoms with Crippen LogP contribution in [0.25, 0.3) is 47.7 Å². The number of carbonyl (C=O) groups excluding carboxylic acids is 2. The fraction of sp³-hybridized carbons (Fsp3) is 0. The van der Waals surface area contributed by atoms with E-state index in [1.54, 1.807) is 35.6 Å². The van der Waals surface area contributed by atoms with E-state index in [0.29, 0.717) is 16.8 Å². The normalized spacial score (nSPS) is 13.5. The summed E-state index contributed by atoms with van der Waals surface area (Å²) in [4.78, 5) is 28.2. The summed E-state index contributed by atoms with van der Waals surface area (Å²) in [5.41, 5.74) is 4.33. The number of amides is 2. The number of para-hydroxylation sites is 3. The standard InChI is InChI=1S/C32H18N2O2S/c35-31-21-11-1-2-12-22(21)32(36)34(31)27-15-7-6-14-26(27)33-25-13-5-3-9-19(25)23-17-24-20-10-4-8-16-29(20)37-30(24)18-28(23)33/h1-18H. The molecule has 3 heterocycles. The third kappa shape index (κ3) is 2.72. The molecule has 0 fully saturated rings. The number of thiophene rings is 1. The Morgan fingerprint density at radius 2 is 1.11 bits per heavy atom. The highest BCUT2D eigenvalue weighted by Gasteiger charge is 2.37. The number of anilines is 1. The summed E-state index contributed by atoms with van der Waals surface area (Å²) in [6.07, 6.45) is 0. The SMILES string of the molecule is O=C1c2ccccc2C(=O)N1c1ccccc1-n1c2ccccc2c2cc3c(cc21)sc1ccccc13. The molecule has 5 aromatic carbocycles. The Kier molecular flexibility index (Phi) is 4.08. The molecule has 0 aliphatic carbocycles. The van der Waals surface area contributed by atoms with Crippen LogP contribution in [0.15, 0.2) is 109 Å². The van der Waals surface area contributed by atoms with E-state index >= 15 is 0 Å². The number of carbonyl (C=O) groups is 2. The fourth-order valence-electron chi connectivity index (χ4n) is 5.70. The van der Waals surface area contributed by atoms with E-state index < -0.39 is 0 Å². The minimum Gasteiger partial charge on any atom is -0.307 e. The molecule has 0 radical (unpaired) electrons. The molecule has 0 saturated carbocycles. The van der Waals surface area contributed by atoms with Crippen LogP contribution in [0.4, 0.5) is 5.69 Å². The molecule has 1 aliphatic heterocycles. The molecule has 2 aromatic heterocycles. The van der Waals surface area contributed by atoms with Crippen LogP contribution in [0, 0.1) is 0 Å². The van der Waals surface area contributed by atoms with Gasteiger partial charge < -0.3 is 4.57 Å². The van der Waals surface area contributed by atoms with Gasteiger partial charge in [0.05, 0.1) is 33.5 Å². The molecule has 174 valence electrons. The highest BCUT2D eigenvalue weighted by atomic mass is 32.1. The van der Waals surface area contributed by atoms with Gasteiger partial charge in [-0.1, -0.05) is 60.7 Å². The molecular weight excluding hydrogens is 476 g/mol. The Labute approximate surface area is 215 Å². The van der Waals surface area contributed by atoms with E-state index in [9.17, 15) is 9.59 Å². The zero-order chi connectivity index (χ0) is 24.7. The van der Waals surface area contributed by atoms with E-state index in [-0.39, 0.29) is 11.8 Å². The minimum absolute atomic E-state index is 0.291. The van der Waals surface area contributed by atoms with E-state index in [4.69, 9.17) is 0 Å². The predicted molar refractivity (Wildman–Crippen MR) is 151 cm³/mol. The molecule has 0 bridgehead atoms. The number of imide groups is 1. The van der Waals surface area contributed by atoms with Crippen LogP contribution in [0.5, 0.6) is 0 Å². The topological polar surface area (TPSA) is 42.3 Å². The van der Waals surface area contributed by atoms with E-state index in [0.717, 1.165) is 27.5 Å². The van der Waals surface area contributed by atoms with Crippen molar-refractivity contribution in [1.29, 1.82) is 0 Å². The van der Waals surface area contributed by atoms with Crippen molar-refractivity contribution in [3.63, 3.8) is 0 Å². The Morgan fingerprint density at radius 3 is 1.89 bits per heavy atom. The average Bonchev–Trinajstić information content (AvgIpc) is 3.55. The quantitative estimate of drug-likeness (QED) is 0.229. The van der Waals surface area contributed by atoms with Crippen molar-refractivity contribution in [2.75, 3.05) is 4.90 Å². The lowest BCUT2D eigenvalue weighted by atomic mass is 10.1. The average molecular weight is 495 g/mol. The van der Waals surface area contributed by atoms with Gasteiger partial charge in [-0.3, -0.25) is 9.59 Å². The summed E-state index contributed by atoms with van der Waals surface area (Å²) in [7, 11) is 0. The summed E-state index contributed by atoms with van der Waals surface area (Å²) in [6, 6.07) is 36.0. The second-order valence-corrected chi connectivity index (χ2v) is 10.4. The molecule has 2 amide bonds. The van der Waals surface area contributed by atoms with Crippen LogP contribution in [0.2, 0.25) is 0 Å². The maximum absolute atomic E-state index is 13.4. The predicted octanol–water partition coefficient (Wildman–Crippen LogP) is 7.95. The van der Waals surface area contributed by atoms with E-state index in [1.807, 2.05) is 30.3 Å². The molecule has 7 aromatic rings. The summed E-state index contributed by atoms with van der Waals surface area (Å²) >= 11 is 1.78. The molecule has 0 atom stereocenters. The molecular formula is C32H18N2O2S. The Hall–Kier alpha value is -4.74. The highest BCUT2D eigenvalue weighted by Crippen LogP contribution is 2.42. The molecule has 1 aliphatic rings. The monoisotopic (exact) mass is 494 g/mol. The van der Waals surface area contributed by atoms with Gasteiger partial charge in [0, 0.05) is 30.9 Å². The first-order chi connectivity index (χ1) is 18.2. The highest BCUT2D eigenvalue weighted by molar-refractivity contribution is 7.25. The first kappa shape index (κ1) is 20.5. The van der Waals surface area contributed by atoms with Crippen LogP contribution in [0.3, 0.4) is 0 Å². The largest absolute Gasteiger partial charge is 0.307 e. The molecule has 37 heavy (non-hydrogen) atoms. The van der Waals surface area contributed by atoms with Crippen molar-refractivity contribution in [1.82, 2.24) is 4.57 Å². The van der Waals surface area contributed by atoms with Gasteiger partial charge in [0.15, 0.2) is 0 Å². The lowest BCUT2D eigenvalue weighted by Gasteiger charge is -2.20. The van der Waals surface area contributed by atoms with Gasteiger partial charge in [0.25, 0.3) is 11.8 Å². The van der Waals surface area contributed by atoms with Crippen LogP contribution < -0.4 is 4.90 Å². The number of aromatic nitrogens is 1. The lowest BCUT2D eigenvalue weighted by Crippen LogP contribution is -2.30. The molecule has 0 N–H and O–H groups in total. The molecule has 0 spiro atoms. The van der Waals surface area contributed by atoms with Crippen molar-refractivity contribution in [3.8, 4) is 5.69 Å². The first-order valence-electron chi connectivity index (χ1n) is 12.1. The maximum Gasteiger partial charge on any atom is 0.266 e. The zero-order valence-electron chi connectivity index (χ0n) is 19.5. The number of hydrogen-bond donors (Lipinski definition) is 0. The van der Waals surface area contributed by atoms with Crippen LogP contribution in [-0.2, 0) is 0 Å². The fourth-order valence-corrected chi connectivity index (χ4v) is 6.82. The smallest absolute Gasteiger partial charge is 0.266 e. The van der Waals surface area contributed by atoms with Crippen molar-refractivity contribution in [2.24, 2.45) is 0 Å². The van der Waals surface area contributed by atoms with Gasteiger partial charge in [-0.25, -0.2) is 4.90 Å². The van der Waals surface area contributed by atoms with Gasteiger partial charge >= 0.3 is 0 Å². The first-order valence-corrected chi connectivity index (χ1v) is 12.9. The Bertz CT molecular complexity index is 2060. The molecule has 8 rings (SSSR count). The minimum atomic E-state index is -0.291. The van der Waals surface area contributed by atoms with Crippen molar-refractivity contribution >= 4 is 70.8 Å². The number of nitrogens with zero attached hydrogens (tertiary/aromatic N) is 2. The van der Waals surface area contributed by atoms with Gasteiger partial charge in [-0.2, -0.15) is 0 Å². The van der Waals surface area contributed by atoms with Crippen molar-refractivity contribution in [3.05, 3.63) is 120 Å². The summed E-state index contributed by atoms with van der Waals surface area (Å²) in [6.45, 7) is 0.